The Balaban J connectivity index is 1.64. The highest BCUT2D eigenvalue weighted by atomic mass is 35.5. The van der Waals surface area contributed by atoms with Gasteiger partial charge in [-0.15, -0.1) is 0 Å². The summed E-state index contributed by atoms with van der Waals surface area (Å²) in [6.07, 6.45) is 1.43. The van der Waals surface area contributed by atoms with Crippen molar-refractivity contribution in [3.63, 3.8) is 0 Å². The van der Waals surface area contributed by atoms with E-state index in [4.69, 9.17) is 25.2 Å². The van der Waals surface area contributed by atoms with Crippen molar-refractivity contribution in [3.8, 4) is 5.75 Å². The number of aliphatic hydroxyl groups is 1. The lowest BCUT2D eigenvalue weighted by Crippen LogP contribution is -2.30. The molecule has 32 heavy (non-hydrogen) atoms. The molecule has 0 radical (unpaired) electrons. The third-order valence-electron chi connectivity index (χ3n) is 5.32. The van der Waals surface area contributed by atoms with Crippen LogP contribution in [0.2, 0.25) is 5.02 Å². The van der Waals surface area contributed by atoms with E-state index in [9.17, 15) is 14.7 Å². The maximum absolute atomic E-state index is 13.5. The Morgan fingerprint density at radius 2 is 1.91 bits per heavy atom. The number of methoxy groups -OCH3 is 1. The molecule has 0 spiro atoms. The van der Waals surface area contributed by atoms with E-state index in [1.54, 1.807) is 60.7 Å². The highest BCUT2D eigenvalue weighted by Crippen LogP contribution is 2.43. The molecule has 2 aromatic heterocycles. The van der Waals surface area contributed by atoms with Gasteiger partial charge in [-0.05, 0) is 48.5 Å². The van der Waals surface area contributed by atoms with Crippen molar-refractivity contribution in [2.75, 3.05) is 12.0 Å². The van der Waals surface area contributed by atoms with E-state index in [1.807, 2.05) is 0 Å². The molecular weight excluding hydrogens is 434 g/mol. The summed E-state index contributed by atoms with van der Waals surface area (Å²) in [6, 6.07) is 15.6. The molecule has 1 N–H and O–H groups in total. The van der Waals surface area contributed by atoms with Crippen LogP contribution >= 0.6 is 11.6 Å². The predicted molar refractivity (Wildman–Crippen MR) is 117 cm³/mol. The second-order valence-electron chi connectivity index (χ2n) is 7.15. The van der Waals surface area contributed by atoms with Crippen LogP contribution < -0.4 is 9.64 Å². The van der Waals surface area contributed by atoms with Crippen LogP contribution in [0.5, 0.6) is 5.75 Å². The highest BCUT2D eigenvalue weighted by Gasteiger charge is 2.46. The molecule has 160 valence electrons. The molecule has 3 heterocycles. The van der Waals surface area contributed by atoms with Gasteiger partial charge in [0.05, 0.1) is 18.9 Å². The molecule has 0 saturated carbocycles. The largest absolute Gasteiger partial charge is 0.503 e. The number of nitrogens with zero attached hydrogens (tertiary/aromatic N) is 1. The van der Waals surface area contributed by atoms with Gasteiger partial charge in [0.15, 0.2) is 22.9 Å². The fraction of sp³-hybridized carbons (Fsp3) is 0.0833. The van der Waals surface area contributed by atoms with Gasteiger partial charge in [0.25, 0.3) is 5.91 Å². The van der Waals surface area contributed by atoms with Crippen LogP contribution in [0, 0.1) is 0 Å². The molecule has 0 aliphatic carbocycles. The summed E-state index contributed by atoms with van der Waals surface area (Å²) in [7, 11) is 1.50. The average molecular weight is 450 g/mol. The number of hydrogen-bond acceptors (Lipinski definition) is 6. The second kappa shape index (κ2) is 7.62. The van der Waals surface area contributed by atoms with E-state index >= 15 is 0 Å². The third kappa shape index (κ3) is 3.06. The molecule has 4 aromatic rings. The summed E-state index contributed by atoms with van der Waals surface area (Å²) >= 11 is 5.98. The van der Waals surface area contributed by atoms with Gasteiger partial charge in [-0.2, -0.15) is 0 Å². The number of ether oxygens (including phenoxy) is 1. The number of benzene rings is 2. The standard InChI is InChI=1S/C24H16ClNO6/c1-30-17-5-2-4-13-12-18(32-23(13)17)21(27)19-20(16-6-3-11-31-16)26(24(29)22(19)28)15-9-7-14(25)8-10-15/h2-12,20,28H,1H3. The average Bonchev–Trinajstić information content (AvgIpc) is 3.53. The zero-order valence-corrected chi connectivity index (χ0v) is 17.5. The van der Waals surface area contributed by atoms with E-state index in [0.29, 0.717) is 33.2 Å². The summed E-state index contributed by atoms with van der Waals surface area (Å²) in [5.74, 6) is -1.29. The molecule has 1 aliphatic rings. The van der Waals surface area contributed by atoms with Gasteiger partial charge >= 0.3 is 0 Å². The van der Waals surface area contributed by atoms with Gasteiger partial charge in [0, 0.05) is 16.1 Å². The minimum atomic E-state index is -0.985. The number of amides is 1. The van der Waals surface area contributed by atoms with Crippen LogP contribution in [0.4, 0.5) is 5.69 Å². The van der Waals surface area contributed by atoms with Crippen LogP contribution in [0.1, 0.15) is 22.4 Å². The number of ketones is 1. The van der Waals surface area contributed by atoms with Crippen molar-refractivity contribution in [2.45, 2.75) is 6.04 Å². The number of halogens is 1. The van der Waals surface area contributed by atoms with Gasteiger partial charge in [0.2, 0.25) is 5.78 Å². The molecule has 5 rings (SSSR count). The number of carbonyl (C=O) groups is 2. The van der Waals surface area contributed by atoms with Gasteiger partial charge in [-0.3, -0.25) is 14.5 Å². The smallest absolute Gasteiger partial charge is 0.294 e. The van der Waals surface area contributed by atoms with Gasteiger partial charge in [0.1, 0.15) is 11.8 Å². The molecule has 1 atom stereocenters. The summed E-state index contributed by atoms with van der Waals surface area (Å²) < 4.78 is 16.6. The molecule has 8 heteroatoms. The summed E-state index contributed by atoms with van der Waals surface area (Å²) in [5.41, 5.74) is 0.700. The minimum Gasteiger partial charge on any atom is -0.503 e. The number of carbonyl (C=O) groups excluding carboxylic acids is 2. The summed E-state index contributed by atoms with van der Waals surface area (Å²) in [5, 5.41) is 11.9. The third-order valence-corrected chi connectivity index (χ3v) is 5.57. The maximum Gasteiger partial charge on any atom is 0.294 e. The molecule has 0 saturated heterocycles. The molecule has 1 amide bonds. The number of furan rings is 2. The molecule has 7 nitrogen and oxygen atoms in total. The first-order chi connectivity index (χ1) is 15.5. The molecule has 1 aliphatic heterocycles. The van der Waals surface area contributed by atoms with Crippen molar-refractivity contribution in [3.05, 3.63) is 94.8 Å². The van der Waals surface area contributed by atoms with E-state index in [-0.39, 0.29) is 11.3 Å². The van der Waals surface area contributed by atoms with Crippen molar-refractivity contribution >= 4 is 39.9 Å². The van der Waals surface area contributed by atoms with E-state index in [1.165, 1.54) is 18.3 Å². The lowest BCUT2D eigenvalue weighted by molar-refractivity contribution is -0.117. The normalized spacial score (nSPS) is 16.2. The Morgan fingerprint density at radius 3 is 2.59 bits per heavy atom. The summed E-state index contributed by atoms with van der Waals surface area (Å²) in [4.78, 5) is 27.9. The fourth-order valence-corrected chi connectivity index (χ4v) is 3.99. The number of Topliss-reactive ketones (excluding diaryl/α,β-unsaturated/α-hetero) is 1. The first-order valence-electron chi connectivity index (χ1n) is 9.66. The van der Waals surface area contributed by atoms with E-state index in [2.05, 4.69) is 0 Å². The summed E-state index contributed by atoms with van der Waals surface area (Å²) in [6.45, 7) is 0. The van der Waals surface area contributed by atoms with Gasteiger partial charge < -0.3 is 18.7 Å². The zero-order valence-electron chi connectivity index (χ0n) is 16.7. The van der Waals surface area contributed by atoms with Crippen molar-refractivity contribution in [1.29, 1.82) is 0 Å². The molecule has 0 bridgehead atoms. The number of anilines is 1. The number of fused-ring (bicyclic) bond motifs is 1. The number of hydrogen-bond donors (Lipinski definition) is 1. The van der Waals surface area contributed by atoms with Crippen LogP contribution in [-0.4, -0.2) is 23.9 Å². The van der Waals surface area contributed by atoms with Crippen LogP contribution in [0.25, 0.3) is 11.0 Å². The highest BCUT2D eigenvalue weighted by molar-refractivity contribution is 6.30. The Labute approximate surface area is 187 Å². The van der Waals surface area contributed by atoms with Crippen molar-refractivity contribution in [2.24, 2.45) is 0 Å². The Kier molecular flexibility index (Phi) is 4.75. The van der Waals surface area contributed by atoms with Gasteiger partial charge in [-0.1, -0.05) is 23.7 Å². The maximum atomic E-state index is 13.5. The first kappa shape index (κ1) is 20.0. The van der Waals surface area contributed by atoms with Crippen molar-refractivity contribution < 1.29 is 28.3 Å². The Hall–Kier alpha value is -3.97. The van der Waals surface area contributed by atoms with Crippen LogP contribution in [-0.2, 0) is 4.79 Å². The van der Waals surface area contributed by atoms with Crippen LogP contribution in [0.3, 0.4) is 0 Å². The minimum absolute atomic E-state index is 0.0339. The fourth-order valence-electron chi connectivity index (χ4n) is 3.86. The van der Waals surface area contributed by atoms with Gasteiger partial charge in [-0.25, -0.2) is 0 Å². The van der Waals surface area contributed by atoms with Crippen LogP contribution in [0.15, 0.2) is 87.1 Å². The lowest BCUT2D eigenvalue weighted by atomic mass is 9.99. The number of aliphatic hydroxyl groups excluding tert-OH is 1. The number of rotatable bonds is 5. The van der Waals surface area contributed by atoms with E-state index in [0.717, 1.165) is 0 Å². The monoisotopic (exact) mass is 449 g/mol. The molecule has 2 aromatic carbocycles. The molecule has 0 fully saturated rings. The second-order valence-corrected chi connectivity index (χ2v) is 7.59. The first-order valence-corrected chi connectivity index (χ1v) is 10.0. The quantitative estimate of drug-likeness (QED) is 0.406. The lowest BCUT2D eigenvalue weighted by Gasteiger charge is -2.24. The van der Waals surface area contributed by atoms with Crippen molar-refractivity contribution in [1.82, 2.24) is 0 Å². The Morgan fingerprint density at radius 1 is 1.12 bits per heavy atom. The topological polar surface area (TPSA) is 93.1 Å². The SMILES string of the molecule is COc1cccc2cc(C(=O)C3=C(O)C(=O)N(c4ccc(Cl)cc4)C3c3ccco3)oc12. The zero-order chi connectivity index (χ0) is 22.4. The molecular formula is C24H16ClNO6. The Bertz CT molecular complexity index is 1370. The molecule has 1 unspecified atom stereocenters. The predicted octanol–water partition coefficient (Wildman–Crippen LogP) is 5.47. The number of para-hydroxylation sites is 1. The van der Waals surface area contributed by atoms with E-state index < -0.39 is 23.5 Å².